The van der Waals surface area contributed by atoms with Crippen molar-refractivity contribution < 1.29 is 14.7 Å². The average Bonchev–Trinajstić information content (AvgIpc) is 2.23. The fourth-order valence-corrected chi connectivity index (χ4v) is 1.50. The molecular formula is C12H15NO3. The van der Waals surface area contributed by atoms with Gasteiger partial charge in [0.25, 0.3) is 0 Å². The summed E-state index contributed by atoms with van der Waals surface area (Å²) in [6, 6.07) is 3.25. The second-order valence-electron chi connectivity index (χ2n) is 3.64. The number of rotatable bonds is 3. The van der Waals surface area contributed by atoms with E-state index in [-0.39, 0.29) is 11.5 Å². The first kappa shape index (κ1) is 12.2. The SMILES string of the molecule is CCC(=O)Nc1c(C)ccc(C(=O)O)c1C. The van der Waals surface area contributed by atoms with Crippen molar-refractivity contribution >= 4 is 17.6 Å². The predicted molar refractivity (Wildman–Crippen MR) is 61.8 cm³/mol. The maximum absolute atomic E-state index is 11.3. The van der Waals surface area contributed by atoms with Crippen molar-refractivity contribution in [2.45, 2.75) is 27.2 Å². The average molecular weight is 221 g/mol. The van der Waals surface area contributed by atoms with Crippen molar-refractivity contribution in [3.05, 3.63) is 28.8 Å². The van der Waals surface area contributed by atoms with Crippen LogP contribution in [0.3, 0.4) is 0 Å². The van der Waals surface area contributed by atoms with Gasteiger partial charge in [-0.15, -0.1) is 0 Å². The second kappa shape index (κ2) is 4.79. The summed E-state index contributed by atoms with van der Waals surface area (Å²) in [6.07, 6.45) is 0.371. The topological polar surface area (TPSA) is 66.4 Å². The van der Waals surface area contributed by atoms with E-state index in [0.717, 1.165) is 5.56 Å². The van der Waals surface area contributed by atoms with Gasteiger partial charge in [0.1, 0.15) is 0 Å². The fraction of sp³-hybridized carbons (Fsp3) is 0.333. The van der Waals surface area contributed by atoms with Gasteiger partial charge in [0.05, 0.1) is 5.56 Å². The lowest BCUT2D eigenvalue weighted by Gasteiger charge is -2.12. The number of carbonyl (C=O) groups excluding carboxylic acids is 1. The number of carboxylic acid groups (broad SMARTS) is 1. The molecule has 0 spiro atoms. The summed E-state index contributed by atoms with van der Waals surface area (Å²) in [5, 5.41) is 11.7. The molecule has 1 amide bonds. The third kappa shape index (κ3) is 2.39. The molecule has 1 rings (SSSR count). The Morgan fingerprint density at radius 2 is 1.94 bits per heavy atom. The van der Waals surface area contributed by atoms with Crippen molar-refractivity contribution in [1.29, 1.82) is 0 Å². The van der Waals surface area contributed by atoms with Crippen LogP contribution in [0.4, 0.5) is 5.69 Å². The van der Waals surface area contributed by atoms with Gasteiger partial charge in [-0.2, -0.15) is 0 Å². The Kier molecular flexibility index (Phi) is 3.66. The zero-order valence-corrected chi connectivity index (χ0v) is 9.63. The summed E-state index contributed by atoms with van der Waals surface area (Å²) in [5.41, 5.74) is 2.28. The summed E-state index contributed by atoms with van der Waals surface area (Å²) in [5.74, 6) is -1.10. The molecule has 0 atom stereocenters. The first-order valence-corrected chi connectivity index (χ1v) is 5.10. The van der Waals surface area contributed by atoms with Gasteiger partial charge >= 0.3 is 5.97 Å². The van der Waals surface area contributed by atoms with Gasteiger partial charge < -0.3 is 10.4 Å². The van der Waals surface area contributed by atoms with E-state index >= 15 is 0 Å². The van der Waals surface area contributed by atoms with Crippen LogP contribution in [0.1, 0.15) is 34.8 Å². The Bertz CT molecular complexity index is 438. The summed E-state index contributed by atoms with van der Waals surface area (Å²) < 4.78 is 0. The van der Waals surface area contributed by atoms with E-state index < -0.39 is 5.97 Å². The number of carboxylic acids is 1. The van der Waals surface area contributed by atoms with Crippen LogP contribution in [0, 0.1) is 13.8 Å². The predicted octanol–water partition coefficient (Wildman–Crippen LogP) is 2.35. The minimum Gasteiger partial charge on any atom is -0.478 e. The van der Waals surface area contributed by atoms with Gasteiger partial charge in [-0.1, -0.05) is 13.0 Å². The highest BCUT2D eigenvalue weighted by molar-refractivity contribution is 5.96. The van der Waals surface area contributed by atoms with Crippen LogP contribution in [-0.4, -0.2) is 17.0 Å². The standard InChI is InChI=1S/C12H15NO3/c1-4-10(14)13-11-7(2)5-6-9(8(11)3)12(15)16/h5-6H,4H2,1-3H3,(H,13,14)(H,15,16). The van der Waals surface area contributed by atoms with Gasteiger partial charge in [-0.25, -0.2) is 4.79 Å². The Morgan fingerprint density at radius 1 is 1.31 bits per heavy atom. The molecule has 4 heteroatoms. The zero-order chi connectivity index (χ0) is 12.3. The van der Waals surface area contributed by atoms with E-state index in [1.165, 1.54) is 0 Å². The molecule has 0 aliphatic heterocycles. The Balaban J connectivity index is 3.21. The van der Waals surface area contributed by atoms with Crippen LogP contribution in [0.2, 0.25) is 0 Å². The molecule has 0 aromatic heterocycles. The molecule has 4 nitrogen and oxygen atoms in total. The van der Waals surface area contributed by atoms with Crippen LogP contribution in [0.25, 0.3) is 0 Å². The normalized spacial score (nSPS) is 9.94. The molecule has 2 N–H and O–H groups in total. The van der Waals surface area contributed by atoms with E-state index in [4.69, 9.17) is 5.11 Å². The summed E-state index contributed by atoms with van der Waals surface area (Å²) in [6.45, 7) is 5.28. The highest BCUT2D eigenvalue weighted by Gasteiger charge is 2.13. The molecule has 0 bridgehead atoms. The van der Waals surface area contributed by atoms with Gasteiger partial charge in [0.15, 0.2) is 0 Å². The number of aromatic carboxylic acids is 1. The van der Waals surface area contributed by atoms with Gasteiger partial charge in [0.2, 0.25) is 5.91 Å². The fourth-order valence-electron chi connectivity index (χ4n) is 1.50. The van der Waals surface area contributed by atoms with Crippen molar-refractivity contribution in [3.8, 4) is 0 Å². The lowest BCUT2D eigenvalue weighted by atomic mass is 10.0. The van der Waals surface area contributed by atoms with E-state index in [1.54, 1.807) is 26.0 Å². The minimum atomic E-state index is -0.982. The molecule has 86 valence electrons. The Labute approximate surface area is 94.3 Å². The number of hydrogen-bond acceptors (Lipinski definition) is 2. The highest BCUT2D eigenvalue weighted by atomic mass is 16.4. The summed E-state index contributed by atoms with van der Waals surface area (Å²) in [4.78, 5) is 22.2. The molecule has 0 fully saturated rings. The zero-order valence-electron chi connectivity index (χ0n) is 9.63. The van der Waals surface area contributed by atoms with Crippen LogP contribution >= 0.6 is 0 Å². The molecule has 0 heterocycles. The second-order valence-corrected chi connectivity index (χ2v) is 3.64. The molecule has 0 unspecified atom stereocenters. The summed E-state index contributed by atoms with van der Waals surface area (Å²) >= 11 is 0. The van der Waals surface area contributed by atoms with E-state index in [1.807, 2.05) is 6.92 Å². The number of benzene rings is 1. The molecule has 1 aromatic carbocycles. The molecular weight excluding hydrogens is 206 g/mol. The molecule has 0 saturated carbocycles. The Morgan fingerprint density at radius 3 is 2.44 bits per heavy atom. The lowest BCUT2D eigenvalue weighted by molar-refractivity contribution is -0.115. The number of aryl methyl sites for hydroxylation is 1. The van der Waals surface area contributed by atoms with Crippen LogP contribution in [0.15, 0.2) is 12.1 Å². The maximum atomic E-state index is 11.3. The van der Waals surface area contributed by atoms with Crippen molar-refractivity contribution in [2.75, 3.05) is 5.32 Å². The van der Waals surface area contributed by atoms with Crippen LogP contribution < -0.4 is 5.32 Å². The monoisotopic (exact) mass is 221 g/mol. The van der Waals surface area contributed by atoms with Gasteiger partial charge in [0, 0.05) is 12.1 Å². The number of amides is 1. The molecule has 0 saturated heterocycles. The number of hydrogen-bond donors (Lipinski definition) is 2. The third-order valence-corrected chi connectivity index (χ3v) is 2.49. The van der Waals surface area contributed by atoms with E-state index in [9.17, 15) is 9.59 Å². The Hall–Kier alpha value is -1.84. The van der Waals surface area contributed by atoms with Gasteiger partial charge in [-0.3, -0.25) is 4.79 Å². The van der Waals surface area contributed by atoms with Crippen molar-refractivity contribution in [2.24, 2.45) is 0 Å². The number of carbonyl (C=O) groups is 2. The molecule has 16 heavy (non-hydrogen) atoms. The molecule has 0 aliphatic rings. The van der Waals surface area contributed by atoms with Crippen LogP contribution in [0.5, 0.6) is 0 Å². The number of nitrogens with one attached hydrogen (secondary N) is 1. The maximum Gasteiger partial charge on any atom is 0.336 e. The molecule has 0 radical (unpaired) electrons. The van der Waals surface area contributed by atoms with Gasteiger partial charge in [-0.05, 0) is 31.0 Å². The van der Waals surface area contributed by atoms with Crippen molar-refractivity contribution in [1.82, 2.24) is 0 Å². The highest BCUT2D eigenvalue weighted by Crippen LogP contribution is 2.23. The van der Waals surface area contributed by atoms with Crippen molar-refractivity contribution in [3.63, 3.8) is 0 Å². The third-order valence-electron chi connectivity index (χ3n) is 2.49. The smallest absolute Gasteiger partial charge is 0.336 e. The lowest BCUT2D eigenvalue weighted by Crippen LogP contribution is -2.13. The number of anilines is 1. The van der Waals surface area contributed by atoms with E-state index in [2.05, 4.69) is 5.32 Å². The summed E-state index contributed by atoms with van der Waals surface area (Å²) in [7, 11) is 0. The molecule has 0 aliphatic carbocycles. The minimum absolute atomic E-state index is 0.117. The first-order valence-electron chi connectivity index (χ1n) is 5.10. The molecule has 1 aromatic rings. The largest absolute Gasteiger partial charge is 0.478 e. The van der Waals surface area contributed by atoms with Crippen LogP contribution in [-0.2, 0) is 4.79 Å². The first-order chi connectivity index (χ1) is 7.47. The quantitative estimate of drug-likeness (QED) is 0.823. The van der Waals surface area contributed by atoms with E-state index in [0.29, 0.717) is 17.7 Å².